The lowest BCUT2D eigenvalue weighted by Crippen LogP contribution is -2.48. The van der Waals surface area contributed by atoms with Crippen molar-refractivity contribution in [3.05, 3.63) is 23.7 Å². The first-order valence-corrected chi connectivity index (χ1v) is 17.7. The van der Waals surface area contributed by atoms with E-state index in [2.05, 4.69) is 15.6 Å². The van der Waals surface area contributed by atoms with Gasteiger partial charge in [-0.1, -0.05) is 12.8 Å². The third-order valence-electron chi connectivity index (χ3n) is 9.57. The van der Waals surface area contributed by atoms with Gasteiger partial charge < -0.3 is 20.8 Å². The smallest absolute Gasteiger partial charge is 0.225 e. The molecule has 4 N–H and O–H groups in total. The highest BCUT2D eigenvalue weighted by Gasteiger charge is 2.51. The molecule has 10 nitrogen and oxygen atoms in total. The molecule has 220 valence electrons. The Morgan fingerprint density at radius 2 is 1.80 bits per heavy atom. The van der Waals surface area contributed by atoms with Crippen molar-refractivity contribution in [2.75, 3.05) is 22.6 Å². The fraction of sp³-hybridized carbons (Fsp3) is 0.655. The summed E-state index contributed by atoms with van der Waals surface area (Å²) in [4.78, 5) is 19.5. The molecule has 3 aromatic rings. The van der Waals surface area contributed by atoms with E-state index < -0.39 is 27.6 Å². The summed E-state index contributed by atoms with van der Waals surface area (Å²) in [5.74, 6) is 1.20. The molecule has 4 aliphatic carbocycles. The normalized spacial score (nSPS) is 27.9. The van der Waals surface area contributed by atoms with E-state index in [4.69, 9.17) is 15.0 Å². The van der Waals surface area contributed by atoms with Gasteiger partial charge in [-0.25, -0.2) is 18.4 Å². The standard InChI is InChI=1S/C29H38N6O4S2/c1-16-21(26-32-23-20(40-26)10-14-30-22(23)17-7-8-17)25(34-29(37)11-9-18(24(29)36)15-41(2,38)39)33-27(31-16)35-28(12-13-28)19-5-3-4-6-19/h10,14,17-19,24,36-37H,3-9,11-13,15H2,1-2H3,(H2,31,33,34,35). The highest BCUT2D eigenvalue weighted by Crippen LogP contribution is 2.51. The van der Waals surface area contributed by atoms with E-state index in [0.29, 0.717) is 35.6 Å². The molecule has 0 bridgehead atoms. The van der Waals surface area contributed by atoms with Crippen LogP contribution in [-0.4, -0.2) is 67.9 Å². The molecule has 3 atom stereocenters. The van der Waals surface area contributed by atoms with Crippen molar-refractivity contribution in [1.82, 2.24) is 19.9 Å². The second-order valence-corrected chi connectivity index (χ2v) is 16.1. The van der Waals surface area contributed by atoms with Crippen molar-refractivity contribution in [1.29, 1.82) is 0 Å². The first kappa shape index (κ1) is 27.4. The number of sulfone groups is 1. The van der Waals surface area contributed by atoms with Crippen molar-refractivity contribution in [3.63, 3.8) is 0 Å². The molecule has 0 radical (unpaired) electrons. The maximum absolute atomic E-state index is 12.0. The van der Waals surface area contributed by atoms with E-state index >= 15 is 0 Å². The Balaban J connectivity index is 1.28. The van der Waals surface area contributed by atoms with Crippen LogP contribution in [0.15, 0.2) is 12.3 Å². The van der Waals surface area contributed by atoms with E-state index in [9.17, 15) is 18.6 Å². The number of rotatable bonds is 9. The Labute approximate surface area is 244 Å². The van der Waals surface area contributed by atoms with Gasteiger partial charge in [0.05, 0.1) is 27.4 Å². The van der Waals surface area contributed by atoms with Gasteiger partial charge in [0, 0.05) is 29.8 Å². The summed E-state index contributed by atoms with van der Waals surface area (Å²) >= 11 is 1.54. The minimum Gasteiger partial charge on any atom is -0.388 e. The zero-order chi connectivity index (χ0) is 28.6. The van der Waals surface area contributed by atoms with Gasteiger partial charge in [0.15, 0.2) is 5.72 Å². The molecule has 0 saturated heterocycles. The maximum atomic E-state index is 12.0. The van der Waals surface area contributed by atoms with Crippen LogP contribution in [0, 0.1) is 18.8 Å². The molecule has 0 amide bonds. The van der Waals surface area contributed by atoms with Crippen LogP contribution in [0.25, 0.3) is 20.8 Å². The molecule has 12 heteroatoms. The zero-order valence-electron chi connectivity index (χ0n) is 23.6. The monoisotopic (exact) mass is 598 g/mol. The molecule has 4 aliphatic rings. The molecule has 0 spiro atoms. The number of hydrogen-bond donors (Lipinski definition) is 4. The van der Waals surface area contributed by atoms with Crippen LogP contribution in [0.5, 0.6) is 0 Å². The first-order chi connectivity index (χ1) is 19.5. The average molecular weight is 599 g/mol. The quantitative estimate of drug-likeness (QED) is 0.261. The van der Waals surface area contributed by atoms with E-state index in [0.717, 1.165) is 58.6 Å². The predicted molar refractivity (Wildman–Crippen MR) is 160 cm³/mol. The van der Waals surface area contributed by atoms with E-state index in [-0.39, 0.29) is 17.7 Å². The summed E-state index contributed by atoms with van der Waals surface area (Å²) in [5.41, 5.74) is 1.60. The van der Waals surface area contributed by atoms with Gasteiger partial charge in [-0.3, -0.25) is 4.98 Å². The van der Waals surface area contributed by atoms with E-state index in [1.807, 2.05) is 19.2 Å². The van der Waals surface area contributed by atoms with Gasteiger partial charge in [-0.2, -0.15) is 4.98 Å². The summed E-state index contributed by atoms with van der Waals surface area (Å²) in [5, 5.41) is 30.3. The summed E-state index contributed by atoms with van der Waals surface area (Å²) in [6.07, 6.45) is 11.7. The van der Waals surface area contributed by atoms with Gasteiger partial charge in [-0.05, 0) is 70.3 Å². The SMILES string of the molecule is Cc1nc(NC2(C3CCCC3)CC2)nc(NC2(O)CCC(CS(C)(=O)=O)C2O)c1-c1nc2c(C3CC3)nccc2s1. The van der Waals surface area contributed by atoms with Crippen molar-refractivity contribution in [2.24, 2.45) is 11.8 Å². The average Bonchev–Trinajstić information content (AvgIpc) is 3.76. The number of thiazole rings is 1. The van der Waals surface area contributed by atoms with E-state index in [1.54, 1.807) is 11.3 Å². The number of anilines is 2. The summed E-state index contributed by atoms with van der Waals surface area (Å²) in [7, 11) is -3.32. The van der Waals surface area contributed by atoms with Gasteiger partial charge in [-0.15, -0.1) is 11.3 Å². The third-order valence-corrected chi connectivity index (χ3v) is 11.6. The molecular weight excluding hydrogens is 560 g/mol. The number of pyridine rings is 1. The predicted octanol–water partition coefficient (Wildman–Crippen LogP) is 4.38. The lowest BCUT2D eigenvalue weighted by Gasteiger charge is -2.31. The zero-order valence-corrected chi connectivity index (χ0v) is 25.2. The van der Waals surface area contributed by atoms with Crippen LogP contribution >= 0.6 is 11.3 Å². The Morgan fingerprint density at radius 1 is 1.05 bits per heavy atom. The first-order valence-electron chi connectivity index (χ1n) is 14.8. The second-order valence-electron chi connectivity index (χ2n) is 12.8. The molecule has 3 aromatic heterocycles. The number of hydrogen-bond acceptors (Lipinski definition) is 11. The number of aryl methyl sites for hydroxylation is 1. The van der Waals surface area contributed by atoms with Crippen LogP contribution < -0.4 is 10.6 Å². The van der Waals surface area contributed by atoms with Gasteiger partial charge in [0.1, 0.15) is 32.3 Å². The molecule has 7 rings (SSSR count). The van der Waals surface area contributed by atoms with Crippen LogP contribution in [0.3, 0.4) is 0 Å². The van der Waals surface area contributed by atoms with Gasteiger partial charge >= 0.3 is 0 Å². The van der Waals surface area contributed by atoms with Gasteiger partial charge in [0.2, 0.25) is 5.95 Å². The number of fused-ring (bicyclic) bond motifs is 1. The minimum atomic E-state index is -3.32. The summed E-state index contributed by atoms with van der Waals surface area (Å²) in [6, 6.07) is 1.98. The van der Waals surface area contributed by atoms with Crippen LogP contribution in [0.2, 0.25) is 0 Å². The van der Waals surface area contributed by atoms with Crippen LogP contribution in [0.4, 0.5) is 11.8 Å². The highest BCUT2D eigenvalue weighted by molar-refractivity contribution is 7.90. The molecule has 0 aliphatic heterocycles. The van der Waals surface area contributed by atoms with Crippen molar-refractivity contribution in [3.8, 4) is 10.6 Å². The number of aliphatic hydroxyl groups excluding tert-OH is 1. The number of nitrogens with zero attached hydrogens (tertiary/aromatic N) is 4. The largest absolute Gasteiger partial charge is 0.388 e. The molecule has 0 aromatic carbocycles. The third kappa shape index (κ3) is 5.21. The molecule has 41 heavy (non-hydrogen) atoms. The summed E-state index contributed by atoms with van der Waals surface area (Å²) in [6.45, 7) is 1.93. The lowest BCUT2D eigenvalue weighted by atomic mass is 9.96. The fourth-order valence-electron chi connectivity index (χ4n) is 7.09. The van der Waals surface area contributed by atoms with Crippen LogP contribution in [-0.2, 0) is 9.84 Å². The number of aromatic nitrogens is 4. The van der Waals surface area contributed by atoms with Crippen molar-refractivity contribution >= 4 is 43.2 Å². The fourth-order valence-corrected chi connectivity index (χ4v) is 9.28. The van der Waals surface area contributed by atoms with Crippen molar-refractivity contribution < 1.29 is 18.6 Å². The Kier molecular flexibility index (Phi) is 6.57. The lowest BCUT2D eigenvalue weighted by molar-refractivity contribution is -0.0442. The molecule has 4 saturated carbocycles. The van der Waals surface area contributed by atoms with E-state index in [1.165, 1.54) is 25.7 Å². The van der Waals surface area contributed by atoms with Crippen molar-refractivity contribution in [2.45, 2.75) is 94.4 Å². The summed E-state index contributed by atoms with van der Waals surface area (Å²) < 4.78 is 25.0. The molecule has 4 fully saturated rings. The Bertz CT molecular complexity index is 1600. The Hall–Kier alpha value is -2.41. The second kappa shape index (κ2) is 9.82. The number of nitrogens with one attached hydrogen (secondary N) is 2. The molecule has 3 unspecified atom stereocenters. The van der Waals surface area contributed by atoms with Crippen LogP contribution in [0.1, 0.15) is 81.5 Å². The topological polar surface area (TPSA) is 150 Å². The molecular formula is C29H38N6O4S2. The Morgan fingerprint density at radius 3 is 2.49 bits per heavy atom. The van der Waals surface area contributed by atoms with Gasteiger partial charge in [0.25, 0.3) is 0 Å². The minimum absolute atomic E-state index is 0.0206. The highest BCUT2D eigenvalue weighted by atomic mass is 32.2. The molecule has 3 heterocycles. The number of aliphatic hydroxyl groups is 2. The maximum Gasteiger partial charge on any atom is 0.225 e.